The predicted molar refractivity (Wildman–Crippen MR) is 141 cm³/mol. The number of rotatable bonds is 9. The summed E-state index contributed by atoms with van der Waals surface area (Å²) in [6, 6.07) is 23.8. The van der Waals surface area contributed by atoms with Gasteiger partial charge in [-0.25, -0.2) is 9.97 Å². The van der Waals surface area contributed by atoms with Crippen LogP contribution in [0.5, 0.6) is 5.75 Å². The number of aryl methyl sites for hydroxylation is 1. The molecule has 35 heavy (non-hydrogen) atoms. The number of amides is 1. The first-order valence-electron chi connectivity index (χ1n) is 11.7. The lowest BCUT2D eigenvalue weighted by molar-refractivity contribution is 0.0986. The molecule has 2 heterocycles. The van der Waals surface area contributed by atoms with E-state index >= 15 is 0 Å². The first kappa shape index (κ1) is 22.8. The fraction of sp³-hybridized carbons (Fsp3) is 0.179. The van der Waals surface area contributed by atoms with Crippen LogP contribution in [0.3, 0.4) is 0 Å². The van der Waals surface area contributed by atoms with E-state index < -0.39 is 0 Å². The monoisotopic (exact) mass is 482 g/mol. The number of anilines is 1. The van der Waals surface area contributed by atoms with Gasteiger partial charge in [-0.3, -0.25) is 9.69 Å². The van der Waals surface area contributed by atoms with Crippen molar-refractivity contribution in [3.8, 4) is 16.9 Å². The van der Waals surface area contributed by atoms with Crippen LogP contribution < -0.4 is 9.64 Å². The van der Waals surface area contributed by atoms with Crippen molar-refractivity contribution in [1.29, 1.82) is 0 Å². The first-order chi connectivity index (χ1) is 17.2. The number of fused-ring (bicyclic) bond motifs is 1. The van der Waals surface area contributed by atoms with Crippen LogP contribution in [0.1, 0.15) is 23.7 Å². The van der Waals surface area contributed by atoms with Crippen molar-refractivity contribution >= 4 is 32.6 Å². The highest BCUT2D eigenvalue weighted by molar-refractivity contribution is 7.22. The quantitative estimate of drug-likeness (QED) is 0.248. The fourth-order valence-electron chi connectivity index (χ4n) is 3.97. The van der Waals surface area contributed by atoms with Crippen LogP contribution in [0.15, 0.2) is 91.5 Å². The fourth-order valence-corrected chi connectivity index (χ4v) is 4.99. The van der Waals surface area contributed by atoms with Crippen LogP contribution in [0.4, 0.5) is 5.13 Å². The number of aromatic nitrogens is 3. The second-order valence-corrected chi connectivity index (χ2v) is 9.12. The van der Waals surface area contributed by atoms with Crippen molar-refractivity contribution in [2.75, 3.05) is 18.1 Å². The number of benzene rings is 3. The van der Waals surface area contributed by atoms with E-state index in [1.54, 1.807) is 17.4 Å². The molecule has 0 aliphatic heterocycles. The molecular formula is C28H26N4O2S. The molecule has 0 N–H and O–H groups in total. The van der Waals surface area contributed by atoms with Crippen molar-refractivity contribution in [1.82, 2.24) is 14.5 Å². The van der Waals surface area contributed by atoms with Gasteiger partial charge in [0.2, 0.25) is 0 Å². The number of thiazole rings is 1. The van der Waals surface area contributed by atoms with E-state index in [1.807, 2.05) is 78.4 Å². The van der Waals surface area contributed by atoms with Gasteiger partial charge in [-0.15, -0.1) is 0 Å². The molecular weight excluding hydrogens is 456 g/mol. The minimum atomic E-state index is -0.0562. The maximum absolute atomic E-state index is 13.7. The zero-order chi connectivity index (χ0) is 24.0. The molecule has 7 heteroatoms. The van der Waals surface area contributed by atoms with Crippen molar-refractivity contribution < 1.29 is 9.53 Å². The second kappa shape index (κ2) is 10.5. The lowest BCUT2D eigenvalue weighted by atomic mass is 10.0. The smallest absolute Gasteiger partial charge is 0.260 e. The summed E-state index contributed by atoms with van der Waals surface area (Å²) >= 11 is 1.51. The van der Waals surface area contributed by atoms with Gasteiger partial charge >= 0.3 is 0 Å². The van der Waals surface area contributed by atoms with E-state index in [1.165, 1.54) is 11.3 Å². The average Bonchev–Trinajstić information content (AvgIpc) is 3.57. The third-order valence-electron chi connectivity index (χ3n) is 5.73. The zero-order valence-corrected chi connectivity index (χ0v) is 20.3. The van der Waals surface area contributed by atoms with Crippen molar-refractivity contribution in [2.24, 2.45) is 0 Å². The molecule has 0 aliphatic carbocycles. The Morgan fingerprint density at radius 3 is 2.57 bits per heavy atom. The van der Waals surface area contributed by atoms with Crippen LogP contribution in [0.25, 0.3) is 21.3 Å². The summed E-state index contributed by atoms with van der Waals surface area (Å²) in [4.78, 5) is 24.4. The number of carbonyl (C=O) groups is 1. The summed E-state index contributed by atoms with van der Waals surface area (Å²) in [6.45, 7) is 3.90. The van der Waals surface area contributed by atoms with Gasteiger partial charge in [-0.1, -0.05) is 53.8 Å². The SMILES string of the molecule is CCOc1ccc2nc(N(CCCn3ccnc3)C(=O)c3ccc(-c4ccccc4)cc3)sc2c1. The number of carbonyl (C=O) groups excluding carboxylic acids is 1. The molecule has 0 saturated carbocycles. The molecule has 0 saturated heterocycles. The van der Waals surface area contributed by atoms with Crippen LogP contribution in [-0.2, 0) is 6.54 Å². The van der Waals surface area contributed by atoms with Gasteiger partial charge in [0, 0.05) is 31.0 Å². The summed E-state index contributed by atoms with van der Waals surface area (Å²) in [5.41, 5.74) is 3.71. The van der Waals surface area contributed by atoms with Crippen LogP contribution in [0.2, 0.25) is 0 Å². The Bertz CT molecular complexity index is 1400. The minimum Gasteiger partial charge on any atom is -0.494 e. The zero-order valence-electron chi connectivity index (χ0n) is 19.5. The third kappa shape index (κ3) is 5.25. The molecule has 0 aliphatic rings. The maximum atomic E-state index is 13.7. The molecule has 5 aromatic rings. The highest BCUT2D eigenvalue weighted by atomic mass is 32.1. The molecule has 1 amide bonds. The maximum Gasteiger partial charge on any atom is 0.260 e. The average molecular weight is 483 g/mol. The van der Waals surface area contributed by atoms with Crippen LogP contribution >= 0.6 is 11.3 Å². The van der Waals surface area contributed by atoms with Crippen molar-refractivity contribution in [3.05, 3.63) is 97.1 Å². The van der Waals surface area contributed by atoms with Gasteiger partial charge in [0.25, 0.3) is 5.91 Å². The third-order valence-corrected chi connectivity index (χ3v) is 6.77. The lowest BCUT2D eigenvalue weighted by Crippen LogP contribution is -2.32. The summed E-state index contributed by atoms with van der Waals surface area (Å²) in [5.74, 6) is 0.754. The van der Waals surface area contributed by atoms with Crippen LogP contribution in [0, 0.1) is 0 Å². The van der Waals surface area contributed by atoms with E-state index in [2.05, 4.69) is 17.1 Å². The van der Waals surface area contributed by atoms with Gasteiger partial charge in [0.1, 0.15) is 5.75 Å². The summed E-state index contributed by atoms with van der Waals surface area (Å²) < 4.78 is 8.66. The van der Waals surface area contributed by atoms with Crippen LogP contribution in [-0.4, -0.2) is 33.6 Å². The van der Waals surface area contributed by atoms with Crippen molar-refractivity contribution in [3.63, 3.8) is 0 Å². The second-order valence-electron chi connectivity index (χ2n) is 8.11. The van der Waals surface area contributed by atoms with Gasteiger partial charge < -0.3 is 9.30 Å². The molecule has 6 nitrogen and oxygen atoms in total. The molecule has 0 bridgehead atoms. The Morgan fingerprint density at radius 2 is 1.83 bits per heavy atom. The number of nitrogens with zero attached hydrogens (tertiary/aromatic N) is 4. The normalized spacial score (nSPS) is 11.0. The van der Waals surface area contributed by atoms with E-state index in [4.69, 9.17) is 9.72 Å². The molecule has 0 radical (unpaired) electrons. The first-order valence-corrected chi connectivity index (χ1v) is 12.5. The molecule has 0 fully saturated rings. The van der Waals surface area contributed by atoms with E-state index in [-0.39, 0.29) is 5.91 Å². The number of ether oxygens (including phenoxy) is 1. The number of hydrogen-bond donors (Lipinski definition) is 0. The van der Waals surface area contributed by atoms with Gasteiger partial charge in [-0.05, 0) is 54.8 Å². The number of hydrogen-bond acceptors (Lipinski definition) is 5. The highest BCUT2D eigenvalue weighted by Crippen LogP contribution is 2.32. The predicted octanol–water partition coefficient (Wildman–Crippen LogP) is 6.30. The molecule has 176 valence electrons. The van der Waals surface area contributed by atoms with E-state index in [0.29, 0.717) is 23.8 Å². The minimum absolute atomic E-state index is 0.0562. The molecule has 0 spiro atoms. The van der Waals surface area contributed by atoms with E-state index in [9.17, 15) is 4.79 Å². The standard InChI is InChI=1S/C28H26N4O2S/c1-2-34-24-13-14-25-26(19-24)35-28(30-25)32(17-6-16-31-18-15-29-20-31)27(33)23-11-9-22(10-12-23)21-7-4-3-5-8-21/h3-5,7-15,18-20H,2,6,16-17H2,1H3. The number of imidazole rings is 1. The van der Waals surface area contributed by atoms with Gasteiger partial charge in [-0.2, -0.15) is 0 Å². The molecule has 5 rings (SSSR count). The Balaban J connectivity index is 1.42. The topological polar surface area (TPSA) is 60.2 Å². The summed E-state index contributed by atoms with van der Waals surface area (Å²) in [6.07, 6.45) is 6.27. The summed E-state index contributed by atoms with van der Waals surface area (Å²) in [7, 11) is 0. The van der Waals surface area contributed by atoms with Gasteiger partial charge in [0.05, 0.1) is 23.2 Å². The Morgan fingerprint density at radius 1 is 1.03 bits per heavy atom. The molecule has 0 atom stereocenters. The molecule has 3 aromatic carbocycles. The Labute approximate surface area is 208 Å². The lowest BCUT2D eigenvalue weighted by Gasteiger charge is -2.20. The molecule has 0 unspecified atom stereocenters. The Kier molecular flexibility index (Phi) is 6.86. The van der Waals surface area contributed by atoms with Gasteiger partial charge in [0.15, 0.2) is 5.13 Å². The highest BCUT2D eigenvalue weighted by Gasteiger charge is 2.21. The Hall–Kier alpha value is -3.97. The summed E-state index contributed by atoms with van der Waals surface area (Å²) in [5, 5.41) is 0.691. The van der Waals surface area contributed by atoms with E-state index in [0.717, 1.165) is 40.1 Å². The largest absolute Gasteiger partial charge is 0.494 e. The van der Waals surface area contributed by atoms with Crippen molar-refractivity contribution in [2.45, 2.75) is 19.9 Å². The molecule has 2 aromatic heterocycles.